The van der Waals surface area contributed by atoms with E-state index < -0.39 is 17.8 Å². The minimum atomic E-state index is -4.46. The summed E-state index contributed by atoms with van der Waals surface area (Å²) in [5, 5.41) is 2.45. The molecular weight excluding hydrogens is 335 g/mol. The van der Waals surface area contributed by atoms with Gasteiger partial charge in [-0.1, -0.05) is 12.8 Å². The Morgan fingerprint density at radius 1 is 1.16 bits per heavy atom. The third kappa shape index (κ3) is 4.84. The number of pyridine rings is 1. The highest BCUT2D eigenvalue weighted by Crippen LogP contribution is 2.30. The molecule has 0 bridgehead atoms. The Bertz CT molecular complexity index is 595. The zero-order valence-electron chi connectivity index (χ0n) is 13.9. The fourth-order valence-corrected chi connectivity index (χ4v) is 3.36. The van der Waals surface area contributed by atoms with Crippen molar-refractivity contribution >= 4 is 11.8 Å². The van der Waals surface area contributed by atoms with Crippen molar-refractivity contribution in [3.05, 3.63) is 23.9 Å². The average molecular weight is 357 g/mol. The van der Waals surface area contributed by atoms with Gasteiger partial charge in [0.1, 0.15) is 5.82 Å². The first-order valence-electron chi connectivity index (χ1n) is 8.66. The number of alkyl halides is 3. The van der Waals surface area contributed by atoms with Gasteiger partial charge in [0.2, 0.25) is 0 Å². The third-order valence-electron chi connectivity index (χ3n) is 4.74. The molecule has 0 spiro atoms. The van der Waals surface area contributed by atoms with Crippen molar-refractivity contribution in [3.8, 4) is 0 Å². The van der Waals surface area contributed by atoms with E-state index in [-0.39, 0.29) is 11.9 Å². The number of amides is 2. The molecule has 2 heterocycles. The molecule has 138 valence electrons. The molecule has 3 rings (SSSR count). The molecule has 1 saturated heterocycles. The number of nitrogens with zero attached hydrogens (tertiary/aromatic N) is 2. The summed E-state index contributed by atoms with van der Waals surface area (Å²) in [5.41, 5.74) is -0.832. The number of rotatable bonds is 3. The minimum absolute atomic E-state index is 0.0934. The standard InChI is InChI=1S/C17H22F3N3O2/c18-17(19,20)12-5-8-21-15(11-12)22-16(24)23-9-6-14(7-10-23)25-13-3-1-2-4-13/h5,8,11,13-14H,1-4,6-7,9-10H2,(H,21,22,24). The number of aromatic nitrogens is 1. The van der Waals surface area contributed by atoms with Crippen LogP contribution >= 0.6 is 0 Å². The van der Waals surface area contributed by atoms with Crippen molar-refractivity contribution in [2.75, 3.05) is 18.4 Å². The van der Waals surface area contributed by atoms with Crippen molar-refractivity contribution in [2.45, 2.75) is 56.9 Å². The number of piperidine rings is 1. The first-order chi connectivity index (χ1) is 11.9. The summed E-state index contributed by atoms with van der Waals surface area (Å²) < 4.78 is 44.2. The van der Waals surface area contributed by atoms with Gasteiger partial charge in [0.05, 0.1) is 17.8 Å². The van der Waals surface area contributed by atoms with Gasteiger partial charge in [0.15, 0.2) is 0 Å². The van der Waals surface area contributed by atoms with E-state index >= 15 is 0 Å². The fourth-order valence-electron chi connectivity index (χ4n) is 3.36. The van der Waals surface area contributed by atoms with Gasteiger partial charge in [0.25, 0.3) is 0 Å². The number of halogens is 3. The number of urea groups is 1. The number of nitrogens with one attached hydrogen (secondary N) is 1. The number of carbonyl (C=O) groups is 1. The highest BCUT2D eigenvalue weighted by Gasteiger charge is 2.31. The molecule has 0 atom stereocenters. The van der Waals surface area contributed by atoms with Crippen LogP contribution in [0, 0.1) is 0 Å². The van der Waals surface area contributed by atoms with Crippen LogP contribution < -0.4 is 5.32 Å². The molecule has 2 fully saturated rings. The third-order valence-corrected chi connectivity index (χ3v) is 4.74. The Hall–Kier alpha value is -1.83. The summed E-state index contributed by atoms with van der Waals surface area (Å²) in [6, 6.07) is 1.29. The molecule has 25 heavy (non-hydrogen) atoms. The minimum Gasteiger partial charge on any atom is -0.375 e. The monoisotopic (exact) mass is 357 g/mol. The van der Waals surface area contributed by atoms with Crippen molar-refractivity contribution in [2.24, 2.45) is 0 Å². The van der Waals surface area contributed by atoms with Gasteiger partial charge in [0, 0.05) is 19.3 Å². The van der Waals surface area contributed by atoms with E-state index in [1.54, 1.807) is 4.90 Å². The SMILES string of the molecule is O=C(Nc1cc(C(F)(F)F)ccn1)N1CCC(OC2CCCC2)CC1. The molecule has 1 saturated carbocycles. The zero-order chi connectivity index (χ0) is 17.9. The molecule has 1 aromatic rings. The van der Waals surface area contributed by atoms with Crippen LogP contribution in [0.1, 0.15) is 44.1 Å². The van der Waals surface area contributed by atoms with Crippen LogP contribution in [0.4, 0.5) is 23.8 Å². The lowest BCUT2D eigenvalue weighted by molar-refractivity contribution is -0.137. The molecule has 0 unspecified atom stereocenters. The molecule has 1 aliphatic carbocycles. The highest BCUT2D eigenvalue weighted by atomic mass is 19.4. The first-order valence-corrected chi connectivity index (χ1v) is 8.66. The van der Waals surface area contributed by atoms with E-state index in [1.807, 2.05) is 0 Å². The maximum Gasteiger partial charge on any atom is 0.416 e. The van der Waals surface area contributed by atoms with E-state index in [9.17, 15) is 18.0 Å². The summed E-state index contributed by atoms with van der Waals surface area (Å²) in [4.78, 5) is 17.6. The maximum absolute atomic E-state index is 12.7. The Morgan fingerprint density at radius 3 is 2.44 bits per heavy atom. The van der Waals surface area contributed by atoms with E-state index in [0.29, 0.717) is 19.2 Å². The lowest BCUT2D eigenvalue weighted by Crippen LogP contribution is -2.43. The Kier molecular flexibility index (Phi) is 5.46. The Balaban J connectivity index is 1.49. The van der Waals surface area contributed by atoms with Gasteiger partial charge in [-0.2, -0.15) is 13.2 Å². The van der Waals surface area contributed by atoms with E-state index in [0.717, 1.165) is 44.0 Å². The number of anilines is 1. The summed E-state index contributed by atoms with van der Waals surface area (Å²) in [7, 11) is 0. The lowest BCUT2D eigenvalue weighted by Gasteiger charge is -2.33. The van der Waals surface area contributed by atoms with Crippen molar-refractivity contribution in [3.63, 3.8) is 0 Å². The van der Waals surface area contributed by atoms with Crippen molar-refractivity contribution < 1.29 is 22.7 Å². The van der Waals surface area contributed by atoms with Crippen LogP contribution in [0.2, 0.25) is 0 Å². The van der Waals surface area contributed by atoms with E-state index in [1.165, 1.54) is 12.8 Å². The molecule has 1 N–H and O–H groups in total. The number of ether oxygens (including phenoxy) is 1. The number of carbonyl (C=O) groups excluding carboxylic acids is 1. The fraction of sp³-hybridized carbons (Fsp3) is 0.647. The second kappa shape index (κ2) is 7.59. The van der Waals surface area contributed by atoms with Gasteiger partial charge in [-0.05, 0) is 37.8 Å². The van der Waals surface area contributed by atoms with Crippen LogP contribution in [0.3, 0.4) is 0 Å². The number of likely N-dealkylation sites (tertiary alicyclic amines) is 1. The Labute approximate surface area is 144 Å². The van der Waals surface area contributed by atoms with Crippen LogP contribution in [0.15, 0.2) is 18.3 Å². The largest absolute Gasteiger partial charge is 0.416 e. The normalized spacial score (nSPS) is 20.0. The average Bonchev–Trinajstić information content (AvgIpc) is 3.08. The molecule has 0 aromatic carbocycles. The van der Waals surface area contributed by atoms with Crippen LogP contribution in [0.5, 0.6) is 0 Å². The predicted octanol–water partition coefficient (Wildman–Crippen LogP) is 4.06. The molecule has 1 aliphatic heterocycles. The molecule has 8 heteroatoms. The topological polar surface area (TPSA) is 54.5 Å². The van der Waals surface area contributed by atoms with Crippen molar-refractivity contribution in [1.82, 2.24) is 9.88 Å². The van der Waals surface area contributed by atoms with Crippen molar-refractivity contribution in [1.29, 1.82) is 0 Å². The van der Waals surface area contributed by atoms with Gasteiger partial charge in [-0.15, -0.1) is 0 Å². The summed E-state index contributed by atoms with van der Waals surface area (Å²) in [6.07, 6.45) is 3.26. The van der Waals surface area contributed by atoms with Gasteiger partial charge in [-0.3, -0.25) is 5.32 Å². The summed E-state index contributed by atoms with van der Waals surface area (Å²) in [5.74, 6) is -0.0934. The quantitative estimate of drug-likeness (QED) is 0.888. The Morgan fingerprint density at radius 2 is 1.80 bits per heavy atom. The number of hydrogen-bond acceptors (Lipinski definition) is 3. The molecule has 2 amide bonds. The molecule has 0 radical (unpaired) electrons. The number of hydrogen-bond donors (Lipinski definition) is 1. The van der Waals surface area contributed by atoms with Crippen LogP contribution in [0.25, 0.3) is 0 Å². The van der Waals surface area contributed by atoms with Crippen LogP contribution in [-0.2, 0) is 10.9 Å². The zero-order valence-corrected chi connectivity index (χ0v) is 13.9. The molecular formula is C17H22F3N3O2. The van der Waals surface area contributed by atoms with Gasteiger partial charge < -0.3 is 9.64 Å². The maximum atomic E-state index is 12.7. The molecule has 2 aliphatic rings. The van der Waals surface area contributed by atoms with Gasteiger partial charge in [-0.25, -0.2) is 9.78 Å². The first kappa shape index (κ1) is 18.0. The molecule has 5 nitrogen and oxygen atoms in total. The van der Waals surface area contributed by atoms with E-state index in [2.05, 4.69) is 10.3 Å². The predicted molar refractivity (Wildman–Crippen MR) is 86.2 cm³/mol. The lowest BCUT2D eigenvalue weighted by atomic mass is 10.1. The van der Waals surface area contributed by atoms with E-state index in [4.69, 9.17) is 4.74 Å². The van der Waals surface area contributed by atoms with Gasteiger partial charge >= 0.3 is 12.2 Å². The molecule has 1 aromatic heterocycles. The smallest absolute Gasteiger partial charge is 0.375 e. The summed E-state index contributed by atoms with van der Waals surface area (Å²) in [6.45, 7) is 1.06. The second-order valence-corrected chi connectivity index (χ2v) is 6.59. The second-order valence-electron chi connectivity index (χ2n) is 6.59. The highest BCUT2D eigenvalue weighted by molar-refractivity contribution is 5.88. The van der Waals surface area contributed by atoms with Crippen LogP contribution in [-0.4, -0.2) is 41.2 Å². The summed E-state index contributed by atoms with van der Waals surface area (Å²) >= 11 is 0.